The lowest BCUT2D eigenvalue weighted by molar-refractivity contribution is -0.138. The molecular weight excluding hydrogens is 523 g/mol. The Hall–Kier alpha value is -4.48. The van der Waals surface area contributed by atoms with Gasteiger partial charge in [-0.15, -0.1) is 0 Å². The highest BCUT2D eigenvalue weighted by Gasteiger charge is 2.36. The van der Waals surface area contributed by atoms with Crippen LogP contribution < -0.4 is 0 Å². The molecule has 1 aliphatic rings. The summed E-state index contributed by atoms with van der Waals surface area (Å²) in [7, 11) is 0. The van der Waals surface area contributed by atoms with Gasteiger partial charge in [0.15, 0.2) is 0 Å². The van der Waals surface area contributed by atoms with E-state index in [-0.39, 0.29) is 30.1 Å². The zero-order chi connectivity index (χ0) is 29.1. The highest BCUT2D eigenvalue weighted by Crippen LogP contribution is 2.39. The third-order valence-corrected chi connectivity index (χ3v) is 8.53. The first-order valence-corrected chi connectivity index (χ1v) is 14.6. The molecule has 0 bridgehead atoms. The molecule has 0 aliphatic carbocycles. The summed E-state index contributed by atoms with van der Waals surface area (Å²) >= 11 is 0. The van der Waals surface area contributed by atoms with Gasteiger partial charge in [0.25, 0.3) is 0 Å². The lowest BCUT2D eigenvalue weighted by atomic mass is 9.85. The monoisotopic (exact) mass is 558 g/mol. The van der Waals surface area contributed by atoms with Crippen molar-refractivity contribution >= 4 is 16.7 Å². The second-order valence-electron chi connectivity index (χ2n) is 11.1. The van der Waals surface area contributed by atoms with Crippen molar-refractivity contribution in [3.8, 4) is 5.75 Å². The molecule has 5 heteroatoms. The molecule has 2 atom stereocenters. The summed E-state index contributed by atoms with van der Waals surface area (Å²) in [5, 5.41) is 12.1. The first-order valence-electron chi connectivity index (χ1n) is 14.6. The van der Waals surface area contributed by atoms with Crippen molar-refractivity contribution in [1.82, 2.24) is 9.80 Å². The number of hydrogen-bond donors (Lipinski definition) is 1. The van der Waals surface area contributed by atoms with Gasteiger partial charge in [0, 0.05) is 25.2 Å². The summed E-state index contributed by atoms with van der Waals surface area (Å²) in [5.41, 5.74) is 5.22. The smallest absolute Gasteiger partial charge is 0.239 e. The second kappa shape index (κ2) is 12.2. The Bertz CT molecular complexity index is 1700. The average Bonchev–Trinajstić information content (AvgIpc) is 3.03. The molecule has 0 saturated heterocycles. The van der Waals surface area contributed by atoms with E-state index in [1.54, 1.807) is 29.2 Å². The van der Waals surface area contributed by atoms with Gasteiger partial charge in [-0.25, -0.2) is 4.39 Å². The molecule has 0 radical (unpaired) electrons. The second-order valence-corrected chi connectivity index (χ2v) is 11.1. The van der Waals surface area contributed by atoms with E-state index in [0.717, 1.165) is 18.5 Å². The Balaban J connectivity index is 1.35. The summed E-state index contributed by atoms with van der Waals surface area (Å²) in [6.45, 7) is 3.36. The van der Waals surface area contributed by atoms with Crippen LogP contribution in [-0.4, -0.2) is 39.9 Å². The van der Waals surface area contributed by atoms with Gasteiger partial charge in [-0.05, 0) is 71.0 Å². The van der Waals surface area contributed by atoms with Gasteiger partial charge in [0.1, 0.15) is 11.6 Å². The van der Waals surface area contributed by atoms with Crippen LogP contribution in [0.25, 0.3) is 10.8 Å². The molecule has 4 nitrogen and oxygen atoms in total. The molecule has 0 aromatic heterocycles. The maximum atomic E-state index is 14.8. The lowest BCUT2D eigenvalue weighted by Gasteiger charge is -2.42. The molecule has 5 aromatic carbocycles. The number of phenols is 1. The molecule has 6 rings (SSSR count). The number of rotatable bonds is 8. The van der Waals surface area contributed by atoms with E-state index in [0.29, 0.717) is 18.5 Å². The predicted molar refractivity (Wildman–Crippen MR) is 166 cm³/mol. The number of nitrogens with zero attached hydrogens (tertiary/aromatic N) is 2. The van der Waals surface area contributed by atoms with E-state index >= 15 is 0 Å². The van der Waals surface area contributed by atoms with E-state index in [4.69, 9.17) is 0 Å². The zero-order valence-corrected chi connectivity index (χ0v) is 23.8. The van der Waals surface area contributed by atoms with Crippen molar-refractivity contribution in [3.63, 3.8) is 0 Å². The first kappa shape index (κ1) is 27.7. The fraction of sp³-hybridized carbons (Fsp3) is 0.216. The largest absolute Gasteiger partial charge is 0.508 e. The van der Waals surface area contributed by atoms with Crippen LogP contribution in [0.15, 0.2) is 115 Å². The molecule has 0 saturated carbocycles. The topological polar surface area (TPSA) is 43.8 Å². The van der Waals surface area contributed by atoms with Crippen LogP contribution in [0.4, 0.5) is 4.39 Å². The van der Waals surface area contributed by atoms with Gasteiger partial charge in [0.05, 0.1) is 12.1 Å². The van der Waals surface area contributed by atoms with Crippen molar-refractivity contribution < 1.29 is 14.3 Å². The number of hydrogen-bond acceptors (Lipinski definition) is 3. The molecule has 1 amide bonds. The van der Waals surface area contributed by atoms with Crippen LogP contribution in [0.2, 0.25) is 0 Å². The summed E-state index contributed by atoms with van der Waals surface area (Å²) < 4.78 is 14.8. The van der Waals surface area contributed by atoms with E-state index in [9.17, 15) is 14.3 Å². The van der Waals surface area contributed by atoms with Crippen molar-refractivity contribution in [3.05, 3.63) is 149 Å². The van der Waals surface area contributed by atoms with Gasteiger partial charge in [-0.3, -0.25) is 9.69 Å². The van der Waals surface area contributed by atoms with Crippen molar-refractivity contribution in [2.75, 3.05) is 13.1 Å². The third-order valence-electron chi connectivity index (χ3n) is 8.53. The molecule has 2 unspecified atom stereocenters. The lowest BCUT2D eigenvalue weighted by Crippen LogP contribution is -2.51. The quantitative estimate of drug-likeness (QED) is 0.218. The van der Waals surface area contributed by atoms with Crippen LogP contribution in [0.3, 0.4) is 0 Å². The van der Waals surface area contributed by atoms with Gasteiger partial charge in [0.2, 0.25) is 5.91 Å². The van der Waals surface area contributed by atoms with Crippen LogP contribution in [0, 0.1) is 5.82 Å². The number of aromatic hydroxyl groups is 1. The van der Waals surface area contributed by atoms with E-state index < -0.39 is 6.04 Å². The summed E-state index contributed by atoms with van der Waals surface area (Å²) in [6, 6.07) is 36.6. The minimum atomic E-state index is -0.436. The molecular formula is C37H35FN2O2. The number of halogens is 1. The Kier molecular flexibility index (Phi) is 8.02. The number of carbonyl (C=O) groups excluding carboxylic acids is 1. The Morgan fingerprint density at radius 3 is 2.40 bits per heavy atom. The van der Waals surface area contributed by atoms with E-state index in [2.05, 4.69) is 71.6 Å². The Morgan fingerprint density at radius 2 is 1.57 bits per heavy atom. The van der Waals surface area contributed by atoms with Crippen molar-refractivity contribution in [1.29, 1.82) is 0 Å². The number of carbonyl (C=O) groups is 1. The highest BCUT2D eigenvalue weighted by molar-refractivity contribution is 5.87. The fourth-order valence-corrected chi connectivity index (χ4v) is 6.27. The van der Waals surface area contributed by atoms with Crippen LogP contribution >= 0.6 is 0 Å². The van der Waals surface area contributed by atoms with E-state index in [1.165, 1.54) is 33.5 Å². The predicted octanol–water partition coefficient (Wildman–Crippen LogP) is 7.29. The Labute approximate surface area is 246 Å². The standard InChI is InChI=1S/C37H35FN2O2/c1-26(37(42)39(25-30-11-4-7-16-35(30)38)23-21-27-17-19-31(41)20-18-27)40-24-22-29-10-3-6-14-33(29)36(40)34-15-8-12-28-9-2-5-13-32(28)34/h2-20,26,36,41H,21-25H2,1H3. The van der Waals surface area contributed by atoms with Crippen LogP contribution in [0.1, 0.15) is 40.8 Å². The highest BCUT2D eigenvalue weighted by atomic mass is 19.1. The minimum absolute atomic E-state index is 0.0263. The molecule has 1 N–H and O–H groups in total. The van der Waals surface area contributed by atoms with Gasteiger partial charge >= 0.3 is 0 Å². The summed E-state index contributed by atoms with van der Waals surface area (Å²) in [4.78, 5) is 18.5. The van der Waals surface area contributed by atoms with Crippen molar-refractivity contribution in [2.24, 2.45) is 0 Å². The molecule has 5 aromatic rings. The number of fused-ring (bicyclic) bond motifs is 2. The minimum Gasteiger partial charge on any atom is -0.508 e. The number of amides is 1. The normalized spacial score (nSPS) is 15.7. The summed E-state index contributed by atoms with van der Waals surface area (Å²) in [5.74, 6) is -0.133. The molecule has 0 spiro atoms. The molecule has 0 fully saturated rings. The van der Waals surface area contributed by atoms with Gasteiger partial charge in [-0.1, -0.05) is 97.1 Å². The zero-order valence-electron chi connectivity index (χ0n) is 23.8. The molecule has 1 aliphatic heterocycles. The molecule has 1 heterocycles. The third kappa shape index (κ3) is 5.65. The van der Waals surface area contributed by atoms with Crippen molar-refractivity contribution in [2.45, 2.75) is 38.4 Å². The first-order chi connectivity index (χ1) is 20.5. The molecule has 212 valence electrons. The Morgan fingerprint density at radius 1 is 0.881 bits per heavy atom. The fourth-order valence-electron chi connectivity index (χ4n) is 6.27. The average molecular weight is 559 g/mol. The SMILES string of the molecule is CC(C(=O)N(CCc1ccc(O)cc1)Cc1ccccc1F)N1CCc2ccccc2C1c1cccc2ccccc12. The number of phenolic OH excluding ortho intramolecular Hbond substituents is 1. The summed E-state index contributed by atoms with van der Waals surface area (Å²) in [6.07, 6.45) is 1.46. The maximum absolute atomic E-state index is 14.8. The van der Waals surface area contributed by atoms with Crippen LogP contribution in [0.5, 0.6) is 5.75 Å². The van der Waals surface area contributed by atoms with Crippen LogP contribution in [-0.2, 0) is 24.2 Å². The molecule has 42 heavy (non-hydrogen) atoms. The van der Waals surface area contributed by atoms with Gasteiger partial charge in [-0.2, -0.15) is 0 Å². The van der Waals surface area contributed by atoms with Gasteiger partial charge < -0.3 is 10.0 Å². The van der Waals surface area contributed by atoms with E-state index in [1.807, 2.05) is 25.1 Å². The number of benzene rings is 5. The maximum Gasteiger partial charge on any atom is 0.239 e.